The number of fused-ring (bicyclic) bond motifs is 1. The van der Waals surface area contributed by atoms with Crippen molar-refractivity contribution in [2.75, 3.05) is 6.61 Å². The van der Waals surface area contributed by atoms with E-state index in [1.54, 1.807) is 23.2 Å². The van der Waals surface area contributed by atoms with E-state index in [4.69, 9.17) is 9.72 Å². The van der Waals surface area contributed by atoms with E-state index in [0.29, 0.717) is 34.3 Å². The fraction of sp³-hybridized carbons (Fsp3) is 0.304. The molecule has 0 fully saturated rings. The molecule has 0 aliphatic rings. The fourth-order valence-corrected chi connectivity index (χ4v) is 4.35. The third-order valence-electron chi connectivity index (χ3n) is 5.06. The highest BCUT2D eigenvalue weighted by molar-refractivity contribution is 7.18. The van der Waals surface area contributed by atoms with Gasteiger partial charge in [-0.3, -0.25) is 19.1 Å². The van der Waals surface area contributed by atoms with E-state index in [-0.39, 0.29) is 23.3 Å². The predicted octanol–water partition coefficient (Wildman–Crippen LogP) is 3.91. The average molecular weight is 437 g/mol. The van der Waals surface area contributed by atoms with Gasteiger partial charge in [-0.05, 0) is 37.5 Å². The van der Waals surface area contributed by atoms with Crippen LogP contribution in [0.15, 0.2) is 46.4 Å². The molecular formula is C23H24N4O3S. The van der Waals surface area contributed by atoms with Gasteiger partial charge in [0.15, 0.2) is 5.75 Å². The SMILES string of the molecule is Cc1sc2nc(-c3ccncc3)n(Cc3cc(=O)c(OCC(C)C)c[nH]3)c(=O)c2c1C. The predicted molar refractivity (Wildman–Crippen MR) is 123 cm³/mol. The summed E-state index contributed by atoms with van der Waals surface area (Å²) in [6, 6.07) is 5.13. The van der Waals surface area contributed by atoms with E-state index >= 15 is 0 Å². The van der Waals surface area contributed by atoms with Crippen LogP contribution in [0.1, 0.15) is 30.0 Å². The van der Waals surface area contributed by atoms with E-state index in [0.717, 1.165) is 16.0 Å². The zero-order valence-corrected chi connectivity index (χ0v) is 18.7. The lowest BCUT2D eigenvalue weighted by molar-refractivity contribution is 0.267. The van der Waals surface area contributed by atoms with Crippen LogP contribution in [0.2, 0.25) is 0 Å². The van der Waals surface area contributed by atoms with Gasteiger partial charge in [-0.15, -0.1) is 11.3 Å². The normalized spacial score (nSPS) is 11.4. The van der Waals surface area contributed by atoms with Crippen LogP contribution in [-0.2, 0) is 6.54 Å². The molecule has 31 heavy (non-hydrogen) atoms. The van der Waals surface area contributed by atoms with Crippen molar-refractivity contribution in [1.29, 1.82) is 0 Å². The number of ether oxygens (including phenoxy) is 1. The second-order valence-electron chi connectivity index (χ2n) is 7.92. The Morgan fingerprint density at radius 2 is 1.94 bits per heavy atom. The summed E-state index contributed by atoms with van der Waals surface area (Å²) in [6.45, 7) is 8.63. The van der Waals surface area contributed by atoms with Crippen molar-refractivity contribution in [3.63, 3.8) is 0 Å². The standard InChI is InChI=1S/C23H24N4O3S/c1-13(2)12-30-19-10-25-17(9-18(19)28)11-27-21(16-5-7-24-8-6-16)26-22-20(23(27)29)14(3)15(4)31-22/h5-10,13H,11-12H2,1-4H3,(H,25,28). The van der Waals surface area contributed by atoms with Crippen LogP contribution in [0.4, 0.5) is 0 Å². The van der Waals surface area contributed by atoms with Gasteiger partial charge >= 0.3 is 0 Å². The Balaban J connectivity index is 1.82. The highest BCUT2D eigenvalue weighted by atomic mass is 32.1. The number of nitrogens with one attached hydrogen (secondary N) is 1. The summed E-state index contributed by atoms with van der Waals surface area (Å²) >= 11 is 1.51. The lowest BCUT2D eigenvalue weighted by Crippen LogP contribution is -2.25. The third-order valence-corrected chi connectivity index (χ3v) is 6.17. The Bertz CT molecular complexity index is 1350. The van der Waals surface area contributed by atoms with Crippen molar-refractivity contribution >= 4 is 21.6 Å². The molecular weight excluding hydrogens is 412 g/mol. The zero-order valence-electron chi connectivity index (χ0n) is 17.9. The van der Waals surface area contributed by atoms with Crippen molar-refractivity contribution in [1.82, 2.24) is 19.5 Å². The maximum absolute atomic E-state index is 13.5. The monoisotopic (exact) mass is 436 g/mol. The molecule has 8 heteroatoms. The summed E-state index contributed by atoms with van der Waals surface area (Å²) in [5.41, 5.74) is 1.99. The maximum atomic E-state index is 13.5. The molecule has 4 aromatic heterocycles. The Morgan fingerprint density at radius 3 is 2.61 bits per heavy atom. The molecule has 0 radical (unpaired) electrons. The summed E-state index contributed by atoms with van der Waals surface area (Å²) in [7, 11) is 0. The largest absolute Gasteiger partial charge is 0.488 e. The number of nitrogens with zero attached hydrogens (tertiary/aromatic N) is 3. The van der Waals surface area contributed by atoms with Crippen LogP contribution in [0.25, 0.3) is 21.6 Å². The number of aromatic amines is 1. The van der Waals surface area contributed by atoms with Crippen LogP contribution in [0.3, 0.4) is 0 Å². The maximum Gasteiger partial charge on any atom is 0.263 e. The number of rotatable bonds is 6. The van der Waals surface area contributed by atoms with E-state index in [1.807, 2.05) is 39.8 Å². The average Bonchev–Trinajstić information content (AvgIpc) is 3.03. The summed E-state index contributed by atoms with van der Waals surface area (Å²) in [5, 5.41) is 0.625. The highest BCUT2D eigenvalue weighted by Gasteiger charge is 2.18. The Morgan fingerprint density at radius 1 is 1.19 bits per heavy atom. The van der Waals surface area contributed by atoms with Gasteiger partial charge in [-0.25, -0.2) is 4.98 Å². The van der Waals surface area contributed by atoms with E-state index in [1.165, 1.54) is 17.4 Å². The van der Waals surface area contributed by atoms with E-state index < -0.39 is 0 Å². The van der Waals surface area contributed by atoms with Gasteiger partial charge in [0.25, 0.3) is 5.56 Å². The van der Waals surface area contributed by atoms with Crippen molar-refractivity contribution in [3.8, 4) is 17.1 Å². The van der Waals surface area contributed by atoms with Crippen LogP contribution >= 0.6 is 11.3 Å². The first-order chi connectivity index (χ1) is 14.8. The van der Waals surface area contributed by atoms with Gasteiger partial charge in [0.05, 0.1) is 18.5 Å². The van der Waals surface area contributed by atoms with Gasteiger partial charge in [0.2, 0.25) is 5.43 Å². The Labute approximate surface area is 183 Å². The van der Waals surface area contributed by atoms with Crippen LogP contribution in [0, 0.1) is 19.8 Å². The van der Waals surface area contributed by atoms with Crippen molar-refractivity contribution in [3.05, 3.63) is 73.5 Å². The van der Waals surface area contributed by atoms with Gasteiger partial charge in [0.1, 0.15) is 10.7 Å². The minimum atomic E-state index is -0.218. The van der Waals surface area contributed by atoms with E-state index in [2.05, 4.69) is 9.97 Å². The summed E-state index contributed by atoms with van der Waals surface area (Å²) < 4.78 is 7.17. The van der Waals surface area contributed by atoms with Crippen LogP contribution in [0.5, 0.6) is 5.75 Å². The zero-order chi connectivity index (χ0) is 22.1. The molecule has 160 valence electrons. The highest BCUT2D eigenvalue weighted by Crippen LogP contribution is 2.28. The molecule has 0 unspecified atom stereocenters. The summed E-state index contributed by atoms with van der Waals surface area (Å²) in [5.74, 6) is 1.13. The molecule has 0 aromatic carbocycles. The second kappa shape index (κ2) is 8.47. The quantitative estimate of drug-likeness (QED) is 0.495. The first kappa shape index (κ1) is 21.0. The number of aromatic nitrogens is 4. The lowest BCUT2D eigenvalue weighted by Gasteiger charge is -2.13. The number of H-pyrrole nitrogens is 1. The first-order valence-electron chi connectivity index (χ1n) is 10.1. The molecule has 0 bridgehead atoms. The van der Waals surface area contributed by atoms with Crippen molar-refractivity contribution < 1.29 is 4.74 Å². The molecule has 0 aliphatic carbocycles. The Kier molecular flexibility index (Phi) is 5.73. The molecule has 0 spiro atoms. The van der Waals surface area contributed by atoms with Gasteiger partial charge in [-0.2, -0.15) is 0 Å². The van der Waals surface area contributed by atoms with Crippen LogP contribution in [-0.4, -0.2) is 26.1 Å². The fourth-order valence-electron chi connectivity index (χ4n) is 3.33. The van der Waals surface area contributed by atoms with Crippen molar-refractivity contribution in [2.24, 2.45) is 5.92 Å². The van der Waals surface area contributed by atoms with E-state index in [9.17, 15) is 9.59 Å². The number of pyridine rings is 2. The van der Waals surface area contributed by atoms with Crippen LogP contribution < -0.4 is 15.7 Å². The molecule has 0 saturated carbocycles. The van der Waals surface area contributed by atoms with Gasteiger partial charge in [0, 0.05) is 40.8 Å². The lowest BCUT2D eigenvalue weighted by atomic mass is 10.2. The molecule has 0 saturated heterocycles. The number of thiophene rings is 1. The number of hydrogen-bond donors (Lipinski definition) is 1. The van der Waals surface area contributed by atoms with Gasteiger partial charge < -0.3 is 9.72 Å². The topological polar surface area (TPSA) is 89.9 Å². The molecule has 0 amide bonds. The Hall–Kier alpha value is -3.26. The van der Waals surface area contributed by atoms with Gasteiger partial charge in [-0.1, -0.05) is 13.8 Å². The molecule has 4 heterocycles. The van der Waals surface area contributed by atoms with Crippen molar-refractivity contribution in [2.45, 2.75) is 34.2 Å². The molecule has 0 aliphatic heterocycles. The number of aryl methyl sites for hydroxylation is 2. The number of hydrogen-bond acceptors (Lipinski definition) is 6. The third kappa shape index (κ3) is 4.16. The summed E-state index contributed by atoms with van der Waals surface area (Å²) in [6.07, 6.45) is 4.90. The smallest absolute Gasteiger partial charge is 0.263 e. The molecule has 4 aromatic rings. The second-order valence-corrected chi connectivity index (χ2v) is 9.12. The minimum Gasteiger partial charge on any atom is -0.488 e. The molecule has 0 atom stereocenters. The molecule has 7 nitrogen and oxygen atoms in total. The minimum absolute atomic E-state index is 0.125. The summed E-state index contributed by atoms with van der Waals surface area (Å²) in [4.78, 5) is 39.7. The molecule has 1 N–H and O–H groups in total. The first-order valence-corrected chi connectivity index (χ1v) is 10.9. The molecule has 4 rings (SSSR count).